The van der Waals surface area contributed by atoms with Crippen LogP contribution in [0, 0.1) is 0 Å². The van der Waals surface area contributed by atoms with Gasteiger partial charge in [-0.05, 0) is 73.2 Å². The molecule has 0 fully saturated rings. The first-order valence-corrected chi connectivity index (χ1v) is 10.8. The molecule has 0 unspecified atom stereocenters. The maximum Gasteiger partial charge on any atom is 0.345 e. The average Bonchev–Trinajstić information content (AvgIpc) is 3.19. The monoisotopic (exact) mass is 430 g/mol. The highest BCUT2D eigenvalue weighted by Crippen LogP contribution is 2.33. The van der Waals surface area contributed by atoms with Crippen LogP contribution in [-0.2, 0) is 12.8 Å². The number of aryl methyl sites for hydroxylation is 2. The highest BCUT2D eigenvalue weighted by atomic mass is 32.1. The van der Waals surface area contributed by atoms with Crippen molar-refractivity contribution in [3.8, 4) is 5.75 Å². The van der Waals surface area contributed by atoms with E-state index in [1.54, 1.807) is 60.1 Å². The second-order valence-corrected chi connectivity index (χ2v) is 8.31. The van der Waals surface area contributed by atoms with Crippen molar-refractivity contribution in [1.82, 2.24) is 14.6 Å². The fourth-order valence-electron chi connectivity index (χ4n) is 3.62. The number of rotatable bonds is 4. The molecule has 1 aliphatic rings. The number of carbonyl (C=O) groups excluding carboxylic acids is 1. The van der Waals surface area contributed by atoms with Crippen LogP contribution in [0.1, 0.15) is 39.2 Å². The molecule has 0 N–H and O–H groups in total. The summed E-state index contributed by atoms with van der Waals surface area (Å²) in [7, 11) is 0. The van der Waals surface area contributed by atoms with Crippen molar-refractivity contribution in [2.75, 3.05) is 0 Å². The summed E-state index contributed by atoms with van der Waals surface area (Å²) in [6.07, 6.45) is 10.3. The minimum absolute atomic E-state index is 0.136. The first-order valence-electron chi connectivity index (χ1n) is 9.97. The number of ether oxygens (including phenoxy) is 1. The molecule has 0 saturated heterocycles. The van der Waals surface area contributed by atoms with Gasteiger partial charge in [-0.2, -0.15) is 9.78 Å². The molecule has 0 amide bonds. The third-order valence-corrected chi connectivity index (χ3v) is 6.38. The van der Waals surface area contributed by atoms with Crippen LogP contribution in [0.4, 0.5) is 0 Å². The molecule has 0 bridgehead atoms. The van der Waals surface area contributed by atoms with E-state index in [2.05, 4.69) is 15.1 Å². The Morgan fingerprint density at radius 2 is 2.00 bits per heavy atom. The van der Waals surface area contributed by atoms with E-state index in [1.165, 1.54) is 28.5 Å². The van der Waals surface area contributed by atoms with E-state index in [0.717, 1.165) is 35.2 Å². The molecule has 3 heterocycles. The molecule has 5 rings (SSSR count). The van der Waals surface area contributed by atoms with Crippen LogP contribution in [0.5, 0.6) is 5.75 Å². The average molecular weight is 430 g/mol. The van der Waals surface area contributed by atoms with E-state index >= 15 is 0 Å². The number of benzene rings is 1. The van der Waals surface area contributed by atoms with E-state index in [-0.39, 0.29) is 5.56 Å². The molecule has 0 radical (unpaired) electrons. The number of hydrogen-bond acceptors (Lipinski definition) is 7. The van der Waals surface area contributed by atoms with Crippen molar-refractivity contribution in [3.63, 3.8) is 0 Å². The number of nitrogens with zero attached hydrogens (tertiary/aromatic N) is 4. The Morgan fingerprint density at radius 1 is 1.16 bits per heavy atom. The lowest BCUT2D eigenvalue weighted by Gasteiger charge is -2.09. The molecule has 154 valence electrons. The van der Waals surface area contributed by atoms with Gasteiger partial charge in [0.15, 0.2) is 0 Å². The molecule has 3 aromatic heterocycles. The Balaban J connectivity index is 1.35. The molecule has 0 atom stereocenters. The first-order chi connectivity index (χ1) is 15.2. The summed E-state index contributed by atoms with van der Waals surface area (Å²) in [6, 6.07) is 10.2. The van der Waals surface area contributed by atoms with Crippen LogP contribution < -0.4 is 10.3 Å². The number of fused-ring (bicyclic) bond motifs is 3. The lowest BCUT2D eigenvalue weighted by Crippen LogP contribution is -2.18. The Kier molecular flexibility index (Phi) is 5.13. The van der Waals surface area contributed by atoms with Crippen molar-refractivity contribution in [2.45, 2.75) is 25.7 Å². The fourth-order valence-corrected chi connectivity index (χ4v) is 4.84. The summed E-state index contributed by atoms with van der Waals surface area (Å²) in [4.78, 5) is 35.5. The third-order valence-electron chi connectivity index (χ3n) is 5.18. The lowest BCUT2D eigenvalue weighted by molar-refractivity contribution is 0.0734. The van der Waals surface area contributed by atoms with E-state index < -0.39 is 5.97 Å². The number of thiophene rings is 1. The predicted octanol–water partition coefficient (Wildman–Crippen LogP) is 3.83. The van der Waals surface area contributed by atoms with Gasteiger partial charge in [-0.15, -0.1) is 11.3 Å². The number of esters is 1. The zero-order valence-electron chi connectivity index (χ0n) is 16.5. The Bertz CT molecular complexity index is 1340. The van der Waals surface area contributed by atoms with Crippen LogP contribution in [0.3, 0.4) is 0 Å². The summed E-state index contributed by atoms with van der Waals surface area (Å²) in [6.45, 7) is 0. The summed E-state index contributed by atoms with van der Waals surface area (Å²) >= 11 is 1.62. The van der Waals surface area contributed by atoms with Gasteiger partial charge in [-0.1, -0.05) is 0 Å². The van der Waals surface area contributed by atoms with Crippen LogP contribution in [0.15, 0.2) is 65.0 Å². The number of hydrogen-bond donors (Lipinski definition) is 0. The maximum atomic E-state index is 12.9. The van der Waals surface area contributed by atoms with Gasteiger partial charge < -0.3 is 4.74 Å². The van der Waals surface area contributed by atoms with Crippen LogP contribution in [0.25, 0.3) is 10.2 Å². The van der Waals surface area contributed by atoms with E-state index in [4.69, 9.17) is 4.74 Å². The van der Waals surface area contributed by atoms with E-state index in [1.807, 2.05) is 0 Å². The van der Waals surface area contributed by atoms with Crippen molar-refractivity contribution in [1.29, 1.82) is 0 Å². The van der Waals surface area contributed by atoms with Crippen LogP contribution in [0.2, 0.25) is 0 Å². The SMILES string of the molecule is O=C(Oc1ccc(/C=N/n2cnc3sc4c(c3c2=O)CCCC4)cc1)c1cccnc1. The number of pyridine rings is 1. The second kappa shape index (κ2) is 8.23. The van der Waals surface area contributed by atoms with E-state index in [0.29, 0.717) is 16.7 Å². The molecule has 1 aromatic carbocycles. The van der Waals surface area contributed by atoms with Gasteiger partial charge in [-0.25, -0.2) is 9.78 Å². The van der Waals surface area contributed by atoms with Crippen molar-refractivity contribution in [2.24, 2.45) is 5.10 Å². The Hall–Kier alpha value is -3.65. The largest absolute Gasteiger partial charge is 0.423 e. The topological polar surface area (TPSA) is 86.4 Å². The summed E-state index contributed by atoms with van der Waals surface area (Å²) in [5, 5.41) is 5.00. The highest BCUT2D eigenvalue weighted by molar-refractivity contribution is 7.18. The molecule has 4 aromatic rings. The fraction of sp³-hybridized carbons (Fsp3) is 0.174. The zero-order valence-corrected chi connectivity index (χ0v) is 17.3. The summed E-state index contributed by atoms with van der Waals surface area (Å²) in [5.74, 6) is -0.0595. The summed E-state index contributed by atoms with van der Waals surface area (Å²) < 4.78 is 6.62. The van der Waals surface area contributed by atoms with Gasteiger partial charge in [0.1, 0.15) is 16.9 Å². The molecular weight excluding hydrogens is 412 g/mol. The van der Waals surface area contributed by atoms with Gasteiger partial charge in [0.2, 0.25) is 0 Å². The quantitative estimate of drug-likeness (QED) is 0.279. The van der Waals surface area contributed by atoms with Crippen molar-refractivity contribution < 1.29 is 9.53 Å². The van der Waals surface area contributed by atoms with Gasteiger partial charge in [0, 0.05) is 17.3 Å². The van der Waals surface area contributed by atoms with Crippen molar-refractivity contribution >= 4 is 33.7 Å². The molecule has 31 heavy (non-hydrogen) atoms. The van der Waals surface area contributed by atoms with Crippen LogP contribution in [-0.4, -0.2) is 26.8 Å². The van der Waals surface area contributed by atoms with Gasteiger partial charge in [-0.3, -0.25) is 9.78 Å². The Morgan fingerprint density at radius 3 is 2.81 bits per heavy atom. The molecule has 0 saturated carbocycles. The van der Waals surface area contributed by atoms with E-state index in [9.17, 15) is 9.59 Å². The third kappa shape index (κ3) is 3.89. The standard InChI is InChI=1S/C23H18N4O3S/c28-22-20-18-5-1-2-6-19(18)31-21(20)25-14-27(22)26-12-15-7-9-17(10-8-15)30-23(29)16-4-3-11-24-13-16/h3-4,7-14H,1-2,5-6H2/b26-12+. The zero-order chi connectivity index (χ0) is 21.2. The molecule has 8 heteroatoms. The second-order valence-electron chi connectivity index (χ2n) is 7.23. The van der Waals surface area contributed by atoms with Gasteiger partial charge >= 0.3 is 5.97 Å². The molecule has 0 aliphatic heterocycles. The molecule has 0 spiro atoms. The maximum absolute atomic E-state index is 12.9. The Labute approximate surface area is 181 Å². The molecule has 1 aliphatic carbocycles. The smallest absolute Gasteiger partial charge is 0.345 e. The first kappa shape index (κ1) is 19.3. The van der Waals surface area contributed by atoms with Crippen LogP contribution >= 0.6 is 11.3 Å². The minimum atomic E-state index is -0.473. The van der Waals surface area contributed by atoms with Crippen molar-refractivity contribution in [3.05, 3.63) is 87.0 Å². The number of carbonyl (C=O) groups is 1. The number of aromatic nitrogens is 3. The summed E-state index contributed by atoms with van der Waals surface area (Å²) in [5.41, 5.74) is 2.15. The molecule has 7 nitrogen and oxygen atoms in total. The predicted molar refractivity (Wildman–Crippen MR) is 119 cm³/mol. The van der Waals surface area contributed by atoms with Gasteiger partial charge in [0.05, 0.1) is 17.2 Å². The lowest BCUT2D eigenvalue weighted by atomic mass is 9.97. The van der Waals surface area contributed by atoms with Gasteiger partial charge in [0.25, 0.3) is 5.56 Å². The minimum Gasteiger partial charge on any atom is -0.423 e. The molecular formula is C23H18N4O3S. The normalized spacial score (nSPS) is 13.4. The highest BCUT2D eigenvalue weighted by Gasteiger charge is 2.19.